The van der Waals surface area contributed by atoms with Gasteiger partial charge in [0.1, 0.15) is 0 Å². The topological polar surface area (TPSA) is 51.8 Å². The van der Waals surface area contributed by atoms with Crippen LogP contribution in [-0.4, -0.2) is 9.97 Å². The van der Waals surface area contributed by atoms with E-state index in [-0.39, 0.29) is 0 Å². The number of pyridine rings is 2. The maximum Gasteiger partial charge on any atom is 0.0602 e. The smallest absolute Gasteiger partial charge is 0.0602 e. The number of benzene rings is 1. The Morgan fingerprint density at radius 3 is 2.42 bits per heavy atom. The minimum absolute atomic E-state index is 0.485. The molecule has 1 aromatic carbocycles. The average molecular weight is 338 g/mol. The van der Waals surface area contributed by atoms with Crippen LogP contribution >= 0.6 is 11.6 Å². The summed E-state index contributed by atoms with van der Waals surface area (Å²) in [6.07, 6.45) is 5.45. The fourth-order valence-corrected chi connectivity index (χ4v) is 2.91. The van der Waals surface area contributed by atoms with E-state index >= 15 is 0 Å². The Morgan fingerprint density at radius 2 is 1.71 bits per heavy atom. The second kappa shape index (κ2) is 6.34. The Labute approximate surface area is 147 Å². The van der Waals surface area contributed by atoms with E-state index in [0.29, 0.717) is 0 Å². The van der Waals surface area contributed by atoms with Crippen molar-refractivity contribution in [2.24, 2.45) is 5.73 Å². The normalized spacial score (nSPS) is 11.5. The fourth-order valence-electron chi connectivity index (χ4n) is 2.56. The Balaban J connectivity index is 2.05. The molecule has 0 unspecified atom stereocenters. The number of rotatable bonds is 3. The van der Waals surface area contributed by atoms with Gasteiger partial charge in [0.25, 0.3) is 0 Å². The SMILES string of the molecule is Cc1ccc(-c2cncc(-c3ccnc(C(C)(C)N)c3)c2)c(Cl)c1. The number of nitrogens with zero attached hydrogens (tertiary/aromatic N) is 2. The lowest BCUT2D eigenvalue weighted by atomic mass is 9.97. The molecule has 0 saturated carbocycles. The first-order chi connectivity index (χ1) is 11.3. The summed E-state index contributed by atoms with van der Waals surface area (Å²) in [6.45, 7) is 5.91. The third-order valence-electron chi connectivity index (χ3n) is 3.93. The number of nitrogens with two attached hydrogens (primary N) is 1. The average Bonchev–Trinajstić information content (AvgIpc) is 2.54. The highest BCUT2D eigenvalue weighted by atomic mass is 35.5. The van der Waals surface area contributed by atoms with Crippen LogP contribution in [0.15, 0.2) is 55.0 Å². The van der Waals surface area contributed by atoms with E-state index < -0.39 is 5.54 Å². The molecular weight excluding hydrogens is 318 g/mol. The summed E-state index contributed by atoms with van der Waals surface area (Å²) in [5.41, 5.74) is 11.7. The molecule has 2 aromatic heterocycles. The highest BCUT2D eigenvalue weighted by Gasteiger charge is 2.16. The monoisotopic (exact) mass is 337 g/mol. The van der Waals surface area contributed by atoms with E-state index in [0.717, 1.165) is 38.5 Å². The van der Waals surface area contributed by atoms with Crippen LogP contribution in [0, 0.1) is 6.92 Å². The number of aryl methyl sites for hydroxylation is 1. The molecule has 24 heavy (non-hydrogen) atoms. The number of aromatic nitrogens is 2. The number of hydrogen-bond acceptors (Lipinski definition) is 3. The van der Waals surface area contributed by atoms with Crippen LogP contribution in [-0.2, 0) is 5.54 Å². The third-order valence-corrected chi connectivity index (χ3v) is 4.24. The number of hydrogen-bond donors (Lipinski definition) is 1. The molecule has 3 nitrogen and oxygen atoms in total. The Kier molecular flexibility index (Phi) is 4.39. The van der Waals surface area contributed by atoms with Crippen molar-refractivity contribution in [1.29, 1.82) is 0 Å². The van der Waals surface area contributed by atoms with Crippen molar-refractivity contribution < 1.29 is 0 Å². The molecule has 0 radical (unpaired) electrons. The molecule has 0 amide bonds. The summed E-state index contributed by atoms with van der Waals surface area (Å²) in [5, 5.41) is 0.729. The summed E-state index contributed by atoms with van der Waals surface area (Å²) >= 11 is 6.39. The lowest BCUT2D eigenvalue weighted by Gasteiger charge is -2.18. The predicted molar refractivity (Wildman–Crippen MR) is 99.9 cm³/mol. The molecule has 3 aromatic rings. The lowest BCUT2D eigenvalue weighted by Crippen LogP contribution is -2.29. The molecule has 2 N–H and O–H groups in total. The molecule has 122 valence electrons. The largest absolute Gasteiger partial charge is 0.321 e. The van der Waals surface area contributed by atoms with Crippen molar-refractivity contribution in [2.75, 3.05) is 0 Å². The predicted octanol–water partition coefficient (Wildman–Crippen LogP) is 4.97. The molecule has 0 atom stereocenters. The second-order valence-corrected chi connectivity index (χ2v) is 7.00. The van der Waals surface area contributed by atoms with Crippen LogP contribution in [0.2, 0.25) is 5.02 Å². The van der Waals surface area contributed by atoms with Gasteiger partial charge in [0.15, 0.2) is 0 Å². The Bertz CT molecular complexity index is 882. The van der Waals surface area contributed by atoms with E-state index in [1.807, 2.05) is 57.4 Å². The second-order valence-electron chi connectivity index (χ2n) is 6.60. The molecular formula is C20H20ClN3. The summed E-state index contributed by atoms with van der Waals surface area (Å²) in [5.74, 6) is 0. The summed E-state index contributed by atoms with van der Waals surface area (Å²) in [7, 11) is 0. The maximum absolute atomic E-state index is 6.39. The first-order valence-corrected chi connectivity index (χ1v) is 8.20. The molecule has 3 rings (SSSR count). The van der Waals surface area contributed by atoms with Crippen molar-refractivity contribution >= 4 is 11.6 Å². The van der Waals surface area contributed by atoms with Gasteiger partial charge >= 0.3 is 0 Å². The zero-order chi connectivity index (χ0) is 17.3. The van der Waals surface area contributed by atoms with Gasteiger partial charge in [-0.1, -0.05) is 23.7 Å². The molecule has 0 bridgehead atoms. The first-order valence-electron chi connectivity index (χ1n) is 7.82. The lowest BCUT2D eigenvalue weighted by molar-refractivity contribution is 0.535. The first kappa shape index (κ1) is 16.6. The van der Waals surface area contributed by atoms with Gasteiger partial charge in [-0.3, -0.25) is 9.97 Å². The van der Waals surface area contributed by atoms with Gasteiger partial charge < -0.3 is 5.73 Å². The molecule has 0 fully saturated rings. The van der Waals surface area contributed by atoms with E-state index in [9.17, 15) is 0 Å². The van der Waals surface area contributed by atoms with Crippen molar-refractivity contribution in [2.45, 2.75) is 26.3 Å². The summed E-state index contributed by atoms with van der Waals surface area (Å²) in [4.78, 5) is 8.76. The highest BCUT2D eigenvalue weighted by Crippen LogP contribution is 2.31. The van der Waals surface area contributed by atoms with Crippen LogP contribution in [0.25, 0.3) is 22.3 Å². The highest BCUT2D eigenvalue weighted by molar-refractivity contribution is 6.33. The summed E-state index contributed by atoms with van der Waals surface area (Å²) in [6, 6.07) is 12.1. The van der Waals surface area contributed by atoms with Crippen LogP contribution in [0.3, 0.4) is 0 Å². The van der Waals surface area contributed by atoms with Gasteiger partial charge in [0, 0.05) is 40.3 Å². The zero-order valence-electron chi connectivity index (χ0n) is 14.0. The molecule has 0 aliphatic heterocycles. The van der Waals surface area contributed by atoms with E-state index in [1.54, 1.807) is 6.20 Å². The standard InChI is InChI=1S/C20H20ClN3/c1-13-4-5-17(18(21)8-13)16-9-15(11-23-12-16)14-6-7-24-19(10-14)20(2,3)22/h4-12H,22H2,1-3H3. The van der Waals surface area contributed by atoms with Crippen molar-refractivity contribution in [1.82, 2.24) is 9.97 Å². The van der Waals surface area contributed by atoms with Crippen molar-refractivity contribution in [3.63, 3.8) is 0 Å². The van der Waals surface area contributed by atoms with Gasteiger partial charge in [0.05, 0.1) is 11.2 Å². The molecule has 0 aliphatic rings. The molecule has 0 saturated heterocycles. The van der Waals surface area contributed by atoms with E-state index in [4.69, 9.17) is 17.3 Å². The molecule has 2 heterocycles. The van der Waals surface area contributed by atoms with Gasteiger partial charge in [-0.05, 0) is 56.2 Å². The van der Waals surface area contributed by atoms with Gasteiger partial charge in [-0.15, -0.1) is 0 Å². The fraction of sp³-hybridized carbons (Fsp3) is 0.200. The third kappa shape index (κ3) is 3.48. The minimum atomic E-state index is -0.485. The summed E-state index contributed by atoms with van der Waals surface area (Å²) < 4.78 is 0. The van der Waals surface area contributed by atoms with E-state index in [2.05, 4.69) is 22.1 Å². The quantitative estimate of drug-likeness (QED) is 0.734. The molecule has 4 heteroatoms. The maximum atomic E-state index is 6.39. The van der Waals surface area contributed by atoms with Gasteiger partial charge in [-0.25, -0.2) is 0 Å². The molecule has 0 spiro atoms. The van der Waals surface area contributed by atoms with Crippen LogP contribution in [0.1, 0.15) is 25.1 Å². The van der Waals surface area contributed by atoms with Gasteiger partial charge in [-0.2, -0.15) is 0 Å². The Hall–Kier alpha value is -2.23. The number of halogens is 1. The van der Waals surface area contributed by atoms with Crippen LogP contribution in [0.4, 0.5) is 0 Å². The van der Waals surface area contributed by atoms with Crippen LogP contribution in [0.5, 0.6) is 0 Å². The zero-order valence-corrected chi connectivity index (χ0v) is 14.8. The molecule has 0 aliphatic carbocycles. The van der Waals surface area contributed by atoms with Crippen molar-refractivity contribution in [3.8, 4) is 22.3 Å². The van der Waals surface area contributed by atoms with E-state index in [1.165, 1.54) is 0 Å². The minimum Gasteiger partial charge on any atom is -0.321 e. The Morgan fingerprint density at radius 1 is 0.958 bits per heavy atom. The van der Waals surface area contributed by atoms with Crippen LogP contribution < -0.4 is 5.73 Å². The van der Waals surface area contributed by atoms with Gasteiger partial charge in [0.2, 0.25) is 0 Å². The van der Waals surface area contributed by atoms with Crippen molar-refractivity contribution in [3.05, 3.63) is 71.3 Å².